The van der Waals surface area contributed by atoms with Gasteiger partial charge >= 0.3 is 6.01 Å². The highest BCUT2D eigenvalue weighted by Gasteiger charge is 2.26. The smallest absolute Gasteiger partial charge is 0.320 e. The molecule has 1 atom stereocenters. The molecule has 8 nitrogen and oxygen atoms in total. The SMILES string of the molecule is Cc1cc(CN2CCN(C(=O)CC3CCC3)CC2)c(C)c(Nc2nnc(C(C)O)o2)c1. The Balaban J connectivity index is 1.36. The highest BCUT2D eigenvalue weighted by Crippen LogP contribution is 2.30. The van der Waals surface area contributed by atoms with Crippen molar-refractivity contribution in [2.24, 2.45) is 5.92 Å². The van der Waals surface area contributed by atoms with Crippen molar-refractivity contribution in [2.45, 2.75) is 59.1 Å². The number of aryl methyl sites for hydroxylation is 1. The normalized spacial score (nSPS) is 18.6. The Morgan fingerprint density at radius 3 is 2.58 bits per heavy atom. The third-order valence-corrected chi connectivity index (χ3v) is 6.51. The first-order valence-electron chi connectivity index (χ1n) is 11.3. The van der Waals surface area contributed by atoms with Crippen molar-refractivity contribution in [2.75, 3.05) is 31.5 Å². The summed E-state index contributed by atoms with van der Waals surface area (Å²) in [7, 11) is 0. The molecule has 2 aromatic rings. The number of aromatic nitrogens is 2. The van der Waals surface area contributed by atoms with E-state index in [0.29, 0.717) is 11.8 Å². The van der Waals surface area contributed by atoms with Gasteiger partial charge in [0.25, 0.3) is 0 Å². The van der Waals surface area contributed by atoms with Crippen LogP contribution in [-0.2, 0) is 11.3 Å². The fourth-order valence-electron chi connectivity index (χ4n) is 4.27. The summed E-state index contributed by atoms with van der Waals surface area (Å²) in [5.74, 6) is 1.15. The number of carbonyl (C=O) groups excluding carboxylic acids is 1. The van der Waals surface area contributed by atoms with Gasteiger partial charge in [0, 0.05) is 44.8 Å². The molecule has 0 bridgehead atoms. The second kappa shape index (κ2) is 9.36. The van der Waals surface area contributed by atoms with Gasteiger partial charge in [0.05, 0.1) is 0 Å². The molecule has 31 heavy (non-hydrogen) atoms. The van der Waals surface area contributed by atoms with Gasteiger partial charge in [-0.05, 0) is 62.3 Å². The summed E-state index contributed by atoms with van der Waals surface area (Å²) >= 11 is 0. The molecule has 2 aliphatic rings. The van der Waals surface area contributed by atoms with E-state index in [0.717, 1.165) is 56.0 Å². The van der Waals surface area contributed by atoms with E-state index in [1.807, 2.05) is 4.90 Å². The molecule has 2 fully saturated rings. The maximum atomic E-state index is 12.5. The van der Waals surface area contributed by atoms with E-state index in [9.17, 15) is 9.90 Å². The van der Waals surface area contributed by atoms with E-state index in [1.54, 1.807) is 6.92 Å². The van der Waals surface area contributed by atoms with Gasteiger partial charge in [0.2, 0.25) is 11.8 Å². The molecule has 1 aromatic heterocycles. The third-order valence-electron chi connectivity index (χ3n) is 6.51. The highest BCUT2D eigenvalue weighted by atomic mass is 16.4. The van der Waals surface area contributed by atoms with Gasteiger partial charge in [-0.1, -0.05) is 17.6 Å². The van der Waals surface area contributed by atoms with Crippen molar-refractivity contribution in [3.05, 3.63) is 34.7 Å². The quantitative estimate of drug-likeness (QED) is 0.700. The first-order chi connectivity index (χ1) is 14.9. The van der Waals surface area contributed by atoms with E-state index >= 15 is 0 Å². The second-order valence-electron chi connectivity index (χ2n) is 9.00. The first kappa shape index (κ1) is 21.8. The Hall–Kier alpha value is -2.45. The molecule has 8 heteroatoms. The van der Waals surface area contributed by atoms with Crippen LogP contribution in [0.5, 0.6) is 0 Å². The molecular weight excluding hydrogens is 394 g/mol. The molecule has 1 amide bonds. The Morgan fingerprint density at radius 2 is 1.97 bits per heavy atom. The van der Waals surface area contributed by atoms with E-state index in [2.05, 4.69) is 46.4 Å². The van der Waals surface area contributed by atoms with Gasteiger partial charge in [0.1, 0.15) is 6.10 Å². The number of aliphatic hydroxyl groups is 1. The molecule has 2 heterocycles. The number of carbonyl (C=O) groups is 1. The summed E-state index contributed by atoms with van der Waals surface area (Å²) < 4.78 is 5.48. The van der Waals surface area contributed by atoms with Gasteiger partial charge in [-0.2, -0.15) is 0 Å². The Morgan fingerprint density at radius 1 is 1.23 bits per heavy atom. The van der Waals surface area contributed by atoms with Crippen LogP contribution in [0.3, 0.4) is 0 Å². The lowest BCUT2D eigenvalue weighted by molar-refractivity contribution is -0.134. The maximum Gasteiger partial charge on any atom is 0.320 e. The zero-order chi connectivity index (χ0) is 22.0. The Labute approximate surface area is 183 Å². The first-order valence-corrected chi connectivity index (χ1v) is 11.3. The van der Waals surface area contributed by atoms with Gasteiger partial charge < -0.3 is 19.7 Å². The molecule has 0 radical (unpaired) electrons. The minimum atomic E-state index is -0.795. The molecule has 1 unspecified atom stereocenters. The Kier molecular flexibility index (Phi) is 6.57. The minimum absolute atomic E-state index is 0.192. The zero-order valence-electron chi connectivity index (χ0n) is 18.7. The van der Waals surface area contributed by atoms with Crippen LogP contribution in [0.25, 0.3) is 0 Å². The minimum Gasteiger partial charge on any atom is -0.405 e. The van der Waals surface area contributed by atoms with Crippen LogP contribution in [0.1, 0.15) is 61.3 Å². The topological polar surface area (TPSA) is 94.7 Å². The van der Waals surface area contributed by atoms with Crippen LogP contribution >= 0.6 is 0 Å². The van der Waals surface area contributed by atoms with E-state index in [1.165, 1.54) is 24.8 Å². The predicted molar refractivity (Wildman–Crippen MR) is 118 cm³/mol. The average Bonchev–Trinajstić information content (AvgIpc) is 3.17. The zero-order valence-corrected chi connectivity index (χ0v) is 18.7. The van der Waals surface area contributed by atoms with Crippen molar-refractivity contribution in [3.8, 4) is 0 Å². The summed E-state index contributed by atoms with van der Waals surface area (Å²) in [6.45, 7) is 10.0. The van der Waals surface area contributed by atoms with Gasteiger partial charge in [0.15, 0.2) is 0 Å². The van der Waals surface area contributed by atoms with Crippen LogP contribution in [0.4, 0.5) is 11.7 Å². The molecule has 168 valence electrons. The summed E-state index contributed by atoms with van der Waals surface area (Å²) in [5, 5.41) is 20.6. The lowest BCUT2D eigenvalue weighted by atomic mass is 9.82. The second-order valence-corrected chi connectivity index (χ2v) is 9.00. The van der Waals surface area contributed by atoms with Crippen LogP contribution in [0, 0.1) is 19.8 Å². The fourth-order valence-corrected chi connectivity index (χ4v) is 4.27. The number of nitrogens with one attached hydrogen (secondary N) is 1. The summed E-state index contributed by atoms with van der Waals surface area (Å²) in [6, 6.07) is 4.54. The maximum absolute atomic E-state index is 12.5. The number of amides is 1. The van der Waals surface area contributed by atoms with Crippen LogP contribution in [-0.4, -0.2) is 57.2 Å². The van der Waals surface area contributed by atoms with Crippen LogP contribution in [0.15, 0.2) is 16.5 Å². The van der Waals surface area contributed by atoms with Crippen molar-refractivity contribution in [1.29, 1.82) is 0 Å². The van der Waals surface area contributed by atoms with Crippen molar-refractivity contribution in [3.63, 3.8) is 0 Å². The standard InChI is InChI=1S/C23H33N5O3/c1-15-11-19(16(2)20(12-15)24-23-26-25-22(31-23)17(3)29)14-27-7-9-28(10-8-27)21(30)13-18-5-4-6-18/h11-12,17-18,29H,4-10,13-14H2,1-3H3,(H,24,26). The van der Waals surface area contributed by atoms with Gasteiger partial charge in [-0.25, -0.2) is 0 Å². The Bertz CT molecular complexity index is 914. The largest absolute Gasteiger partial charge is 0.405 e. The third kappa shape index (κ3) is 5.25. The number of anilines is 2. The average molecular weight is 428 g/mol. The summed E-state index contributed by atoms with van der Waals surface area (Å²) in [6.07, 6.45) is 3.67. The number of rotatable bonds is 7. The summed E-state index contributed by atoms with van der Waals surface area (Å²) in [4.78, 5) is 16.9. The van der Waals surface area contributed by atoms with Crippen LogP contribution < -0.4 is 5.32 Å². The number of benzene rings is 1. The molecule has 1 aliphatic heterocycles. The lowest BCUT2D eigenvalue weighted by Gasteiger charge is -2.36. The fraction of sp³-hybridized carbons (Fsp3) is 0.609. The summed E-state index contributed by atoms with van der Waals surface area (Å²) in [5.41, 5.74) is 4.44. The number of aliphatic hydroxyl groups excluding tert-OH is 1. The molecule has 1 saturated heterocycles. The number of piperazine rings is 1. The van der Waals surface area contributed by atoms with Gasteiger partial charge in [-0.3, -0.25) is 9.69 Å². The molecular formula is C23H33N5O3. The lowest BCUT2D eigenvalue weighted by Crippen LogP contribution is -2.48. The number of hydrogen-bond donors (Lipinski definition) is 2. The van der Waals surface area contributed by atoms with Crippen LogP contribution in [0.2, 0.25) is 0 Å². The number of hydrogen-bond acceptors (Lipinski definition) is 7. The van der Waals surface area contributed by atoms with Crippen molar-refractivity contribution < 1.29 is 14.3 Å². The molecule has 4 rings (SSSR count). The van der Waals surface area contributed by atoms with Crippen molar-refractivity contribution in [1.82, 2.24) is 20.0 Å². The van der Waals surface area contributed by atoms with E-state index in [4.69, 9.17) is 4.42 Å². The molecule has 1 aromatic carbocycles. The van der Waals surface area contributed by atoms with Gasteiger partial charge in [-0.15, -0.1) is 5.10 Å². The van der Waals surface area contributed by atoms with Crippen molar-refractivity contribution >= 4 is 17.6 Å². The predicted octanol–water partition coefficient (Wildman–Crippen LogP) is 3.32. The molecule has 2 N–H and O–H groups in total. The highest BCUT2D eigenvalue weighted by molar-refractivity contribution is 5.76. The molecule has 1 saturated carbocycles. The van der Waals surface area contributed by atoms with E-state index in [-0.39, 0.29) is 11.9 Å². The molecule has 0 spiro atoms. The molecule has 1 aliphatic carbocycles. The van der Waals surface area contributed by atoms with E-state index < -0.39 is 6.10 Å². The number of nitrogens with zero attached hydrogens (tertiary/aromatic N) is 4. The monoisotopic (exact) mass is 427 g/mol.